The van der Waals surface area contributed by atoms with E-state index in [2.05, 4.69) is 10.5 Å². The summed E-state index contributed by atoms with van der Waals surface area (Å²) in [6, 6.07) is 16.8. The SMILES string of the molecule is Cc1noc(C(C)C)c1C(=O)Nc1ccc(Oc2ccccc2)cc1. The Balaban J connectivity index is 1.71. The monoisotopic (exact) mass is 336 g/mol. The second-order valence-electron chi connectivity index (χ2n) is 6.06. The minimum absolute atomic E-state index is 0.0867. The Kier molecular flexibility index (Phi) is 4.84. The van der Waals surface area contributed by atoms with Crippen molar-refractivity contribution in [3.05, 3.63) is 71.6 Å². The van der Waals surface area contributed by atoms with Crippen LogP contribution in [-0.2, 0) is 0 Å². The highest BCUT2D eigenvalue weighted by Gasteiger charge is 2.22. The number of aryl methyl sites for hydroxylation is 1. The molecule has 0 atom stereocenters. The maximum Gasteiger partial charge on any atom is 0.261 e. The Bertz CT molecular complexity index is 852. The number of para-hydroxylation sites is 1. The number of hydrogen-bond donors (Lipinski definition) is 1. The van der Waals surface area contributed by atoms with Crippen molar-refractivity contribution in [2.24, 2.45) is 0 Å². The highest BCUT2D eigenvalue weighted by molar-refractivity contribution is 6.05. The minimum atomic E-state index is -0.223. The molecule has 0 aliphatic rings. The summed E-state index contributed by atoms with van der Waals surface area (Å²) in [5.74, 6) is 1.93. The molecule has 1 aromatic heterocycles. The van der Waals surface area contributed by atoms with E-state index < -0.39 is 0 Å². The number of amides is 1. The van der Waals surface area contributed by atoms with Gasteiger partial charge in [0.1, 0.15) is 17.1 Å². The number of hydrogen-bond acceptors (Lipinski definition) is 4. The molecule has 0 aliphatic heterocycles. The van der Waals surface area contributed by atoms with Gasteiger partial charge in [-0.2, -0.15) is 0 Å². The number of carbonyl (C=O) groups excluding carboxylic acids is 1. The molecule has 3 aromatic rings. The summed E-state index contributed by atoms with van der Waals surface area (Å²) in [7, 11) is 0. The van der Waals surface area contributed by atoms with E-state index in [0.717, 1.165) is 5.75 Å². The van der Waals surface area contributed by atoms with Crippen LogP contribution < -0.4 is 10.1 Å². The predicted octanol–water partition coefficient (Wildman–Crippen LogP) is 5.15. The van der Waals surface area contributed by atoms with Gasteiger partial charge in [0.2, 0.25) is 0 Å². The third-order valence-corrected chi connectivity index (χ3v) is 3.73. The largest absolute Gasteiger partial charge is 0.457 e. The van der Waals surface area contributed by atoms with Gasteiger partial charge in [0.05, 0.1) is 5.69 Å². The van der Waals surface area contributed by atoms with E-state index in [4.69, 9.17) is 9.26 Å². The van der Waals surface area contributed by atoms with Crippen LogP contribution in [0.4, 0.5) is 5.69 Å². The zero-order valence-electron chi connectivity index (χ0n) is 14.4. The molecule has 0 fully saturated rings. The van der Waals surface area contributed by atoms with E-state index in [1.54, 1.807) is 19.1 Å². The van der Waals surface area contributed by atoms with Crippen molar-refractivity contribution < 1.29 is 14.1 Å². The zero-order valence-corrected chi connectivity index (χ0v) is 14.4. The van der Waals surface area contributed by atoms with E-state index in [1.807, 2.05) is 56.3 Å². The first-order valence-electron chi connectivity index (χ1n) is 8.15. The Hall–Kier alpha value is -3.08. The van der Waals surface area contributed by atoms with Gasteiger partial charge in [-0.15, -0.1) is 0 Å². The molecule has 0 bridgehead atoms. The van der Waals surface area contributed by atoms with Crippen molar-refractivity contribution in [1.29, 1.82) is 0 Å². The lowest BCUT2D eigenvalue weighted by atomic mass is 10.0. The number of ether oxygens (including phenoxy) is 1. The second-order valence-corrected chi connectivity index (χ2v) is 6.06. The molecule has 2 aromatic carbocycles. The topological polar surface area (TPSA) is 64.4 Å². The third kappa shape index (κ3) is 3.88. The average Bonchev–Trinajstić information content (AvgIpc) is 2.99. The lowest BCUT2D eigenvalue weighted by molar-refractivity contribution is 0.102. The van der Waals surface area contributed by atoms with Crippen LogP contribution >= 0.6 is 0 Å². The van der Waals surface area contributed by atoms with E-state index in [1.165, 1.54) is 0 Å². The van der Waals surface area contributed by atoms with Gasteiger partial charge < -0.3 is 14.6 Å². The van der Waals surface area contributed by atoms with Crippen molar-refractivity contribution >= 4 is 11.6 Å². The molecule has 0 aliphatic carbocycles. The van der Waals surface area contributed by atoms with Gasteiger partial charge in [0.25, 0.3) is 5.91 Å². The number of rotatable bonds is 5. The molecule has 0 spiro atoms. The van der Waals surface area contributed by atoms with Gasteiger partial charge >= 0.3 is 0 Å². The van der Waals surface area contributed by atoms with Crippen molar-refractivity contribution in [3.63, 3.8) is 0 Å². The molecular formula is C20H20N2O3. The maximum absolute atomic E-state index is 12.6. The Morgan fingerprint density at radius 2 is 1.68 bits per heavy atom. The summed E-state index contributed by atoms with van der Waals surface area (Å²) in [5, 5.41) is 6.78. The molecule has 1 heterocycles. The summed E-state index contributed by atoms with van der Waals surface area (Å²) in [6.07, 6.45) is 0. The normalized spacial score (nSPS) is 10.7. The first-order valence-corrected chi connectivity index (χ1v) is 8.15. The lowest BCUT2D eigenvalue weighted by Gasteiger charge is -2.09. The Morgan fingerprint density at radius 1 is 1.04 bits per heavy atom. The molecule has 25 heavy (non-hydrogen) atoms. The van der Waals surface area contributed by atoms with Crippen molar-refractivity contribution in [2.45, 2.75) is 26.7 Å². The fraction of sp³-hybridized carbons (Fsp3) is 0.200. The zero-order chi connectivity index (χ0) is 17.8. The van der Waals surface area contributed by atoms with E-state index in [-0.39, 0.29) is 11.8 Å². The number of carbonyl (C=O) groups is 1. The van der Waals surface area contributed by atoms with Crippen molar-refractivity contribution in [3.8, 4) is 11.5 Å². The third-order valence-electron chi connectivity index (χ3n) is 3.73. The summed E-state index contributed by atoms with van der Waals surface area (Å²) >= 11 is 0. The number of benzene rings is 2. The first-order chi connectivity index (χ1) is 12.0. The van der Waals surface area contributed by atoms with E-state index in [9.17, 15) is 4.79 Å². The standard InChI is InChI=1S/C20H20N2O3/c1-13(2)19-18(14(3)22-25-19)20(23)21-15-9-11-17(12-10-15)24-16-7-5-4-6-8-16/h4-13H,1-3H3,(H,21,23). The molecule has 0 saturated carbocycles. The molecule has 5 heteroatoms. The molecule has 0 saturated heterocycles. The summed E-state index contributed by atoms with van der Waals surface area (Å²) in [4.78, 5) is 12.6. The summed E-state index contributed by atoms with van der Waals surface area (Å²) in [6.45, 7) is 5.69. The van der Waals surface area contributed by atoms with Gasteiger partial charge in [-0.05, 0) is 43.3 Å². The fourth-order valence-corrected chi connectivity index (χ4v) is 2.48. The van der Waals surface area contributed by atoms with Crippen molar-refractivity contribution in [2.75, 3.05) is 5.32 Å². The van der Waals surface area contributed by atoms with Crippen LogP contribution in [0.25, 0.3) is 0 Å². The van der Waals surface area contributed by atoms with Gasteiger partial charge in [-0.3, -0.25) is 4.79 Å². The molecule has 1 amide bonds. The highest BCUT2D eigenvalue weighted by atomic mass is 16.5. The molecule has 3 rings (SSSR count). The molecule has 5 nitrogen and oxygen atoms in total. The molecule has 0 unspecified atom stereocenters. The first kappa shape index (κ1) is 16.8. The van der Waals surface area contributed by atoms with Crippen LogP contribution in [0.5, 0.6) is 11.5 Å². The number of nitrogens with zero attached hydrogens (tertiary/aromatic N) is 1. The Labute approximate surface area is 146 Å². The van der Waals surface area contributed by atoms with Crippen LogP contribution in [0.2, 0.25) is 0 Å². The molecule has 0 radical (unpaired) electrons. The van der Waals surface area contributed by atoms with Gasteiger partial charge in [0.15, 0.2) is 5.76 Å². The van der Waals surface area contributed by atoms with E-state index in [0.29, 0.717) is 28.5 Å². The number of aromatic nitrogens is 1. The predicted molar refractivity (Wildman–Crippen MR) is 96.2 cm³/mol. The fourth-order valence-electron chi connectivity index (χ4n) is 2.48. The molecule has 128 valence electrons. The highest BCUT2D eigenvalue weighted by Crippen LogP contribution is 2.25. The summed E-state index contributed by atoms with van der Waals surface area (Å²) in [5.41, 5.74) is 1.77. The van der Waals surface area contributed by atoms with Crippen LogP contribution in [0.3, 0.4) is 0 Å². The molecular weight excluding hydrogens is 316 g/mol. The Morgan fingerprint density at radius 3 is 2.32 bits per heavy atom. The minimum Gasteiger partial charge on any atom is -0.457 e. The van der Waals surface area contributed by atoms with E-state index >= 15 is 0 Å². The average molecular weight is 336 g/mol. The van der Waals surface area contributed by atoms with Crippen LogP contribution in [0, 0.1) is 6.92 Å². The quantitative estimate of drug-likeness (QED) is 0.699. The van der Waals surface area contributed by atoms with Crippen molar-refractivity contribution in [1.82, 2.24) is 5.16 Å². The second kappa shape index (κ2) is 7.21. The van der Waals surface area contributed by atoms with Gasteiger partial charge in [0, 0.05) is 11.6 Å². The maximum atomic E-state index is 12.6. The van der Waals surface area contributed by atoms with Gasteiger partial charge in [-0.1, -0.05) is 37.2 Å². The number of nitrogens with one attached hydrogen (secondary N) is 1. The smallest absolute Gasteiger partial charge is 0.261 e. The summed E-state index contributed by atoms with van der Waals surface area (Å²) < 4.78 is 11.0. The van der Waals surface area contributed by atoms with Crippen LogP contribution in [-0.4, -0.2) is 11.1 Å². The molecule has 1 N–H and O–H groups in total. The number of anilines is 1. The van der Waals surface area contributed by atoms with Gasteiger partial charge in [-0.25, -0.2) is 0 Å². The van der Waals surface area contributed by atoms with Crippen LogP contribution in [0.1, 0.15) is 41.6 Å². The van der Waals surface area contributed by atoms with Crippen LogP contribution in [0.15, 0.2) is 59.1 Å². The lowest BCUT2D eigenvalue weighted by Crippen LogP contribution is -2.14.